The molecule has 0 aliphatic carbocycles. The largest absolute Gasteiger partial charge is 0.573 e. The lowest BCUT2D eigenvalue weighted by atomic mass is 9.95. The number of hydrogen-bond acceptors (Lipinski definition) is 1. The molecule has 0 spiro atoms. The van der Waals surface area contributed by atoms with Gasteiger partial charge in [0, 0.05) is 5.39 Å². The predicted molar refractivity (Wildman–Crippen MR) is 142 cm³/mol. The number of benzene rings is 4. The number of aryl methyl sites for hydroxylation is 3. The van der Waals surface area contributed by atoms with Crippen LogP contribution in [0, 0.1) is 29.1 Å². The summed E-state index contributed by atoms with van der Waals surface area (Å²) in [5, 5.41) is 0.579. The third kappa shape index (κ3) is 7.57. The van der Waals surface area contributed by atoms with Gasteiger partial charge in [-0.05, 0) is 83.7 Å². The molecule has 0 fully saturated rings. The maximum absolute atomic E-state index is 15.3. The van der Waals surface area contributed by atoms with Gasteiger partial charge in [0.05, 0.1) is 5.56 Å². The van der Waals surface area contributed by atoms with Gasteiger partial charge < -0.3 is 4.74 Å². The van der Waals surface area contributed by atoms with Crippen molar-refractivity contribution >= 4 is 10.8 Å². The van der Waals surface area contributed by atoms with Crippen LogP contribution < -0.4 is 4.74 Å². The van der Waals surface area contributed by atoms with Crippen LogP contribution >= 0.6 is 0 Å². The molecular weight excluding hydrogens is 552 g/mol. The van der Waals surface area contributed by atoms with E-state index in [9.17, 15) is 30.7 Å². The zero-order valence-electron chi connectivity index (χ0n) is 22.3. The van der Waals surface area contributed by atoms with E-state index in [0.29, 0.717) is 29.5 Å². The van der Waals surface area contributed by atoms with E-state index in [1.165, 1.54) is 36.4 Å². The van der Waals surface area contributed by atoms with E-state index in [2.05, 4.69) is 11.7 Å². The van der Waals surface area contributed by atoms with Crippen LogP contribution in [-0.2, 0) is 19.3 Å². The third-order valence-electron chi connectivity index (χ3n) is 6.95. The molecule has 0 aliphatic heterocycles. The quantitative estimate of drug-likeness (QED) is 0.127. The summed E-state index contributed by atoms with van der Waals surface area (Å²) in [4.78, 5) is 0. The Bertz CT molecular complexity index is 1480. The zero-order chi connectivity index (χ0) is 29.7. The summed E-state index contributed by atoms with van der Waals surface area (Å²) in [6, 6.07) is 11.4. The van der Waals surface area contributed by atoms with E-state index in [-0.39, 0.29) is 40.5 Å². The van der Waals surface area contributed by atoms with Gasteiger partial charge in [-0.15, -0.1) is 13.2 Å². The van der Waals surface area contributed by atoms with Gasteiger partial charge in [0.2, 0.25) is 5.75 Å². The Balaban J connectivity index is 1.50. The first-order chi connectivity index (χ1) is 19.5. The van der Waals surface area contributed by atoms with Crippen LogP contribution in [0.4, 0.5) is 35.1 Å². The summed E-state index contributed by atoms with van der Waals surface area (Å²) >= 11 is 0. The zero-order valence-corrected chi connectivity index (χ0v) is 22.3. The van der Waals surface area contributed by atoms with Crippen LogP contribution in [0.2, 0.25) is 0 Å². The maximum atomic E-state index is 15.3. The van der Waals surface area contributed by atoms with Crippen molar-refractivity contribution in [2.75, 3.05) is 0 Å². The molecule has 0 radical (unpaired) electrons. The van der Waals surface area contributed by atoms with Gasteiger partial charge in [-0.25, -0.2) is 22.0 Å². The molecule has 9 heteroatoms. The lowest BCUT2D eigenvalue weighted by Crippen LogP contribution is -2.19. The van der Waals surface area contributed by atoms with Gasteiger partial charge in [-0.3, -0.25) is 0 Å². The second-order valence-corrected chi connectivity index (χ2v) is 10.0. The van der Waals surface area contributed by atoms with Crippen molar-refractivity contribution in [3.8, 4) is 16.9 Å². The molecular formula is C32H28F8O. The number of halogens is 8. The Labute approximate surface area is 232 Å². The molecule has 218 valence electrons. The highest BCUT2D eigenvalue weighted by Gasteiger charge is 2.34. The Morgan fingerprint density at radius 3 is 1.88 bits per heavy atom. The summed E-state index contributed by atoms with van der Waals surface area (Å²) < 4.78 is 114. The average molecular weight is 581 g/mol. The molecule has 0 saturated heterocycles. The monoisotopic (exact) mass is 580 g/mol. The van der Waals surface area contributed by atoms with Gasteiger partial charge in [-0.1, -0.05) is 56.9 Å². The maximum Gasteiger partial charge on any atom is 0.573 e. The van der Waals surface area contributed by atoms with Crippen molar-refractivity contribution in [3.63, 3.8) is 0 Å². The van der Waals surface area contributed by atoms with E-state index in [1.807, 2.05) is 0 Å². The van der Waals surface area contributed by atoms with Gasteiger partial charge in [0.25, 0.3) is 0 Å². The highest BCUT2D eigenvalue weighted by molar-refractivity contribution is 5.88. The summed E-state index contributed by atoms with van der Waals surface area (Å²) in [7, 11) is 0. The average Bonchev–Trinajstić information content (AvgIpc) is 2.89. The highest BCUT2D eigenvalue weighted by atomic mass is 19.4. The first kappa shape index (κ1) is 30.3. The van der Waals surface area contributed by atoms with Gasteiger partial charge >= 0.3 is 6.36 Å². The number of alkyl halides is 3. The number of ether oxygens (including phenoxy) is 1. The molecule has 41 heavy (non-hydrogen) atoms. The summed E-state index contributed by atoms with van der Waals surface area (Å²) in [6.45, 7) is 2.11. The van der Waals surface area contributed by atoms with Crippen molar-refractivity contribution < 1.29 is 39.9 Å². The SMILES string of the molecule is CCCCCCCc1cc(F)c(-c2ccc3c(F)c(CCc4cc(F)c(OC(F)(F)F)c(F)c4)ccc3c2)c(F)c1. The fraction of sp³-hybridized carbons (Fsp3) is 0.312. The molecule has 4 rings (SSSR count). The number of rotatable bonds is 11. The summed E-state index contributed by atoms with van der Waals surface area (Å²) in [5.41, 5.74) is 0.843. The molecule has 0 amide bonds. The van der Waals surface area contributed by atoms with Crippen molar-refractivity contribution in [2.24, 2.45) is 0 Å². The number of unbranched alkanes of at least 4 members (excludes halogenated alkanes) is 4. The first-order valence-corrected chi connectivity index (χ1v) is 13.4. The molecule has 0 heterocycles. The second kappa shape index (κ2) is 12.9. The van der Waals surface area contributed by atoms with Crippen LogP contribution in [0.1, 0.15) is 55.7 Å². The minimum absolute atomic E-state index is 0.00889. The normalized spacial score (nSPS) is 11.8. The van der Waals surface area contributed by atoms with Crippen molar-refractivity contribution in [1.29, 1.82) is 0 Å². The first-order valence-electron chi connectivity index (χ1n) is 13.4. The Morgan fingerprint density at radius 2 is 1.24 bits per heavy atom. The van der Waals surface area contributed by atoms with Crippen LogP contribution in [0.3, 0.4) is 0 Å². The topological polar surface area (TPSA) is 9.23 Å². The van der Waals surface area contributed by atoms with Crippen LogP contribution in [0.5, 0.6) is 5.75 Å². The fourth-order valence-electron chi connectivity index (χ4n) is 4.91. The summed E-state index contributed by atoms with van der Waals surface area (Å²) in [6.07, 6.45) is 0.404. The lowest BCUT2D eigenvalue weighted by Gasteiger charge is -2.13. The van der Waals surface area contributed by atoms with E-state index in [1.54, 1.807) is 6.07 Å². The van der Waals surface area contributed by atoms with Crippen molar-refractivity contribution in [2.45, 2.75) is 64.7 Å². The van der Waals surface area contributed by atoms with Crippen LogP contribution in [0.15, 0.2) is 54.6 Å². The third-order valence-corrected chi connectivity index (χ3v) is 6.95. The summed E-state index contributed by atoms with van der Waals surface area (Å²) in [5.74, 6) is -6.62. The molecule has 4 aromatic carbocycles. The number of hydrogen-bond donors (Lipinski definition) is 0. The molecule has 0 aliphatic rings. The molecule has 0 saturated carbocycles. The van der Waals surface area contributed by atoms with Gasteiger partial charge in [0.15, 0.2) is 11.6 Å². The molecule has 0 bridgehead atoms. The lowest BCUT2D eigenvalue weighted by molar-refractivity contribution is -0.276. The smallest absolute Gasteiger partial charge is 0.399 e. The predicted octanol–water partition coefficient (Wildman–Crippen LogP) is 10.4. The Morgan fingerprint density at radius 1 is 0.634 bits per heavy atom. The Hall–Kier alpha value is -3.62. The fourth-order valence-corrected chi connectivity index (χ4v) is 4.91. The van der Waals surface area contributed by atoms with Gasteiger partial charge in [-0.2, -0.15) is 0 Å². The molecule has 0 unspecified atom stereocenters. The van der Waals surface area contributed by atoms with Crippen LogP contribution in [-0.4, -0.2) is 6.36 Å². The standard InChI is InChI=1S/C32H28F8O/c1-2-3-4-5-6-7-19-14-25(33)29(26(34)15-19)23-12-13-24-22(18-23)11-10-21(30(24)37)9-8-20-16-27(35)31(28(36)17-20)41-32(38,39)40/h10-18H,2-9H2,1H3. The van der Waals surface area contributed by atoms with Crippen molar-refractivity contribution in [3.05, 3.63) is 100 Å². The molecule has 0 atom stereocenters. The van der Waals surface area contributed by atoms with E-state index in [0.717, 1.165) is 32.1 Å². The van der Waals surface area contributed by atoms with Gasteiger partial charge in [0.1, 0.15) is 17.5 Å². The molecule has 0 aromatic heterocycles. The second-order valence-electron chi connectivity index (χ2n) is 10.0. The van der Waals surface area contributed by atoms with E-state index in [4.69, 9.17) is 0 Å². The minimum Gasteiger partial charge on any atom is -0.399 e. The molecule has 0 N–H and O–H groups in total. The minimum atomic E-state index is -5.26. The molecule has 4 aromatic rings. The molecule has 1 nitrogen and oxygen atoms in total. The number of fused-ring (bicyclic) bond motifs is 1. The van der Waals surface area contributed by atoms with E-state index < -0.39 is 41.2 Å². The van der Waals surface area contributed by atoms with E-state index >= 15 is 4.39 Å². The highest BCUT2D eigenvalue weighted by Crippen LogP contribution is 2.33. The Kier molecular flexibility index (Phi) is 9.56. The van der Waals surface area contributed by atoms with Crippen LogP contribution in [0.25, 0.3) is 21.9 Å². The van der Waals surface area contributed by atoms with Crippen molar-refractivity contribution in [1.82, 2.24) is 0 Å².